The number of aromatic nitrogens is 2. The molecule has 8 nitrogen and oxygen atoms in total. The molecule has 0 aliphatic rings. The van der Waals surface area contributed by atoms with Crippen molar-refractivity contribution in [2.45, 2.75) is 19.9 Å². The van der Waals surface area contributed by atoms with E-state index in [4.69, 9.17) is 10.5 Å². The number of rotatable bonds is 7. The highest BCUT2D eigenvalue weighted by Gasteiger charge is 2.22. The Morgan fingerprint density at radius 3 is 2.48 bits per heavy atom. The van der Waals surface area contributed by atoms with Gasteiger partial charge in [-0.3, -0.25) is 18.7 Å². The lowest BCUT2D eigenvalue weighted by atomic mass is 10.2. The summed E-state index contributed by atoms with van der Waals surface area (Å²) in [6.45, 7) is 1.44. The van der Waals surface area contributed by atoms with Gasteiger partial charge >= 0.3 is 11.7 Å². The summed E-state index contributed by atoms with van der Waals surface area (Å²) in [7, 11) is 1.27. The van der Waals surface area contributed by atoms with Crippen molar-refractivity contribution in [1.82, 2.24) is 9.13 Å². The summed E-state index contributed by atoms with van der Waals surface area (Å²) in [5.74, 6) is -1.71. The second-order valence-electron chi connectivity index (χ2n) is 5.83. The van der Waals surface area contributed by atoms with Crippen LogP contribution in [0, 0.1) is 0 Å². The Morgan fingerprint density at radius 1 is 1.19 bits per heavy atom. The number of hydrogen-bond acceptors (Lipinski definition) is 6. The fourth-order valence-electron chi connectivity index (χ4n) is 2.47. The molecule has 142 valence electrons. The third kappa shape index (κ3) is 4.60. The Balaban J connectivity index is 2.16. The second-order valence-corrected chi connectivity index (χ2v) is 5.83. The fourth-order valence-corrected chi connectivity index (χ4v) is 2.47. The molecule has 0 saturated heterocycles. The lowest BCUT2D eigenvalue weighted by Crippen LogP contribution is -2.43. The molecule has 0 aliphatic carbocycles. The SMILES string of the molecule is CCCn1c(N)c(C(=O)COC(=O)/C=C/c2ccccc2)c(=O)n(C)c1=O. The molecule has 1 aromatic heterocycles. The van der Waals surface area contributed by atoms with Gasteiger partial charge in [0.25, 0.3) is 5.56 Å². The molecule has 0 bridgehead atoms. The molecule has 2 aromatic rings. The van der Waals surface area contributed by atoms with E-state index in [0.717, 1.165) is 14.7 Å². The maximum atomic E-state index is 12.4. The number of nitrogen functional groups attached to an aromatic ring is 1. The summed E-state index contributed by atoms with van der Waals surface area (Å²) in [5, 5.41) is 0. The number of carbonyl (C=O) groups excluding carboxylic acids is 2. The van der Waals surface area contributed by atoms with Crippen LogP contribution in [0.4, 0.5) is 5.82 Å². The number of ketones is 1. The van der Waals surface area contributed by atoms with E-state index in [1.54, 1.807) is 18.2 Å². The summed E-state index contributed by atoms with van der Waals surface area (Å²) in [5.41, 5.74) is 4.88. The zero-order valence-electron chi connectivity index (χ0n) is 15.2. The lowest BCUT2D eigenvalue weighted by Gasteiger charge is -2.13. The van der Waals surface area contributed by atoms with Crippen LogP contribution in [-0.2, 0) is 23.1 Å². The topological polar surface area (TPSA) is 113 Å². The lowest BCUT2D eigenvalue weighted by molar-refractivity contribution is -0.136. The molecule has 0 saturated carbocycles. The fraction of sp³-hybridized carbons (Fsp3) is 0.263. The van der Waals surface area contributed by atoms with Crippen molar-refractivity contribution in [3.8, 4) is 0 Å². The van der Waals surface area contributed by atoms with Crippen LogP contribution in [0.3, 0.4) is 0 Å². The Kier molecular flexibility index (Phi) is 6.48. The number of hydrogen-bond donors (Lipinski definition) is 1. The Morgan fingerprint density at radius 2 is 1.85 bits per heavy atom. The van der Waals surface area contributed by atoms with Crippen LogP contribution in [0.2, 0.25) is 0 Å². The maximum Gasteiger partial charge on any atom is 0.332 e. The van der Waals surface area contributed by atoms with E-state index in [2.05, 4.69) is 0 Å². The van der Waals surface area contributed by atoms with Crippen LogP contribution in [0.15, 0.2) is 46.0 Å². The molecule has 8 heteroatoms. The molecular weight excluding hydrogens is 350 g/mol. The first-order valence-corrected chi connectivity index (χ1v) is 8.39. The summed E-state index contributed by atoms with van der Waals surface area (Å²) >= 11 is 0. The monoisotopic (exact) mass is 371 g/mol. The first-order chi connectivity index (χ1) is 12.9. The van der Waals surface area contributed by atoms with Crippen LogP contribution in [0.1, 0.15) is 29.3 Å². The van der Waals surface area contributed by atoms with Gasteiger partial charge in [-0.25, -0.2) is 9.59 Å². The Labute approximate surface area is 155 Å². The Hall–Kier alpha value is -3.42. The third-order valence-corrected chi connectivity index (χ3v) is 3.87. The van der Waals surface area contributed by atoms with Crippen molar-refractivity contribution in [2.24, 2.45) is 7.05 Å². The molecular formula is C19H21N3O5. The minimum atomic E-state index is -0.814. The van der Waals surface area contributed by atoms with Gasteiger partial charge in [0, 0.05) is 19.7 Å². The largest absolute Gasteiger partial charge is 0.454 e. The van der Waals surface area contributed by atoms with Crippen LogP contribution < -0.4 is 17.0 Å². The van der Waals surface area contributed by atoms with E-state index >= 15 is 0 Å². The minimum Gasteiger partial charge on any atom is -0.454 e. The molecule has 0 radical (unpaired) electrons. The first-order valence-electron chi connectivity index (χ1n) is 8.39. The molecule has 0 amide bonds. The average Bonchev–Trinajstić information content (AvgIpc) is 2.67. The van der Waals surface area contributed by atoms with Gasteiger partial charge in [-0.15, -0.1) is 0 Å². The number of Topliss-reactive ketones (excluding diaryl/α,β-unsaturated/α-hetero) is 1. The number of nitrogens with zero attached hydrogens (tertiary/aromatic N) is 2. The molecule has 0 fully saturated rings. The van der Waals surface area contributed by atoms with Crippen molar-refractivity contribution >= 4 is 23.6 Å². The summed E-state index contributed by atoms with van der Waals surface area (Å²) in [6.07, 6.45) is 3.32. The predicted octanol–water partition coefficient (Wildman–Crippen LogP) is 0.978. The van der Waals surface area contributed by atoms with Crippen molar-refractivity contribution in [3.63, 3.8) is 0 Å². The average molecular weight is 371 g/mol. The number of carbonyl (C=O) groups is 2. The van der Waals surface area contributed by atoms with E-state index in [-0.39, 0.29) is 17.9 Å². The molecule has 0 aliphatic heterocycles. The molecule has 2 rings (SSSR count). The molecule has 0 spiro atoms. The minimum absolute atomic E-state index is 0.217. The molecule has 0 unspecified atom stereocenters. The molecule has 2 N–H and O–H groups in total. The van der Waals surface area contributed by atoms with Gasteiger partial charge in [-0.2, -0.15) is 0 Å². The van der Waals surface area contributed by atoms with Crippen molar-refractivity contribution in [2.75, 3.05) is 12.3 Å². The highest BCUT2D eigenvalue weighted by atomic mass is 16.5. The summed E-state index contributed by atoms with van der Waals surface area (Å²) in [4.78, 5) is 48.5. The number of ether oxygens (including phenoxy) is 1. The molecule has 1 aromatic carbocycles. The number of nitrogens with two attached hydrogens (primary N) is 1. The standard InChI is InChI=1S/C19H21N3O5/c1-3-11-22-17(20)16(18(25)21(2)19(22)26)14(23)12-27-15(24)10-9-13-7-5-4-6-8-13/h4-10H,3,11-12,20H2,1-2H3/b10-9+. The predicted molar refractivity (Wildman–Crippen MR) is 101 cm³/mol. The van der Waals surface area contributed by atoms with Crippen molar-refractivity contribution in [1.29, 1.82) is 0 Å². The smallest absolute Gasteiger partial charge is 0.332 e. The van der Waals surface area contributed by atoms with Gasteiger partial charge in [-0.05, 0) is 18.1 Å². The number of esters is 1. The second kappa shape index (κ2) is 8.79. The van der Waals surface area contributed by atoms with E-state index in [0.29, 0.717) is 6.42 Å². The molecule has 27 heavy (non-hydrogen) atoms. The molecule has 1 heterocycles. The van der Waals surface area contributed by atoms with Crippen LogP contribution in [0.25, 0.3) is 6.08 Å². The number of anilines is 1. The van der Waals surface area contributed by atoms with E-state index in [1.165, 1.54) is 13.1 Å². The first kappa shape index (κ1) is 19.9. The summed E-state index contributed by atoms with van der Waals surface area (Å²) < 4.78 is 6.87. The summed E-state index contributed by atoms with van der Waals surface area (Å²) in [6, 6.07) is 9.08. The van der Waals surface area contributed by atoms with Gasteiger partial charge < -0.3 is 10.5 Å². The van der Waals surface area contributed by atoms with Crippen molar-refractivity contribution in [3.05, 3.63) is 68.4 Å². The van der Waals surface area contributed by atoms with Gasteiger partial charge in [0.1, 0.15) is 11.4 Å². The quantitative estimate of drug-likeness (QED) is 0.441. The van der Waals surface area contributed by atoms with Gasteiger partial charge in [0.05, 0.1) is 0 Å². The normalized spacial score (nSPS) is 10.9. The van der Waals surface area contributed by atoms with E-state index in [9.17, 15) is 19.2 Å². The van der Waals surface area contributed by atoms with Gasteiger partial charge in [0.15, 0.2) is 6.61 Å². The molecule has 0 atom stereocenters. The van der Waals surface area contributed by atoms with E-state index in [1.807, 2.05) is 25.1 Å². The number of benzene rings is 1. The van der Waals surface area contributed by atoms with Gasteiger partial charge in [-0.1, -0.05) is 37.3 Å². The zero-order valence-corrected chi connectivity index (χ0v) is 15.2. The van der Waals surface area contributed by atoms with Crippen molar-refractivity contribution < 1.29 is 14.3 Å². The highest BCUT2D eigenvalue weighted by Crippen LogP contribution is 2.07. The highest BCUT2D eigenvalue weighted by molar-refractivity contribution is 6.01. The third-order valence-electron chi connectivity index (χ3n) is 3.87. The van der Waals surface area contributed by atoms with Crippen LogP contribution in [0.5, 0.6) is 0 Å². The van der Waals surface area contributed by atoms with Crippen LogP contribution >= 0.6 is 0 Å². The zero-order chi connectivity index (χ0) is 20.0. The van der Waals surface area contributed by atoms with Crippen LogP contribution in [-0.4, -0.2) is 27.5 Å². The Bertz CT molecular complexity index is 987. The van der Waals surface area contributed by atoms with Gasteiger partial charge in [0.2, 0.25) is 5.78 Å². The maximum absolute atomic E-state index is 12.4. The van der Waals surface area contributed by atoms with E-state index < -0.39 is 29.6 Å².